The number of hydrogen-bond acceptors (Lipinski definition) is 2. The Morgan fingerprint density at radius 2 is 2.19 bits per heavy atom. The van der Waals surface area contributed by atoms with Gasteiger partial charge in [0, 0.05) is 12.2 Å². The largest absolute Gasteiger partial charge is 0.389 e. The number of benzene rings is 1. The standard InChI is InChI=1S/C13H19NOS/c1-10(2)6-7-15-9-11-4-3-5-12(8-11)13(14)16/h3-5,8,10H,6-7,9H2,1-2H3,(H2,14,16). The highest BCUT2D eigenvalue weighted by atomic mass is 32.1. The summed E-state index contributed by atoms with van der Waals surface area (Å²) in [5.41, 5.74) is 7.59. The normalized spacial score (nSPS) is 10.7. The molecule has 0 radical (unpaired) electrons. The average Bonchev–Trinajstić information content (AvgIpc) is 2.24. The van der Waals surface area contributed by atoms with E-state index in [-0.39, 0.29) is 0 Å². The van der Waals surface area contributed by atoms with Crippen LogP contribution in [0.1, 0.15) is 31.4 Å². The lowest BCUT2D eigenvalue weighted by Gasteiger charge is -2.07. The predicted octanol–water partition coefficient (Wildman–Crippen LogP) is 2.88. The van der Waals surface area contributed by atoms with Gasteiger partial charge < -0.3 is 10.5 Å². The summed E-state index contributed by atoms with van der Waals surface area (Å²) in [7, 11) is 0. The smallest absolute Gasteiger partial charge is 0.103 e. The van der Waals surface area contributed by atoms with Gasteiger partial charge in [-0.1, -0.05) is 44.3 Å². The Balaban J connectivity index is 2.42. The Morgan fingerprint density at radius 1 is 1.44 bits per heavy atom. The van der Waals surface area contributed by atoms with E-state index in [4.69, 9.17) is 22.7 Å². The van der Waals surface area contributed by atoms with Gasteiger partial charge in [0.15, 0.2) is 0 Å². The lowest BCUT2D eigenvalue weighted by molar-refractivity contribution is 0.110. The van der Waals surface area contributed by atoms with Gasteiger partial charge in [-0.05, 0) is 24.0 Å². The molecule has 88 valence electrons. The van der Waals surface area contributed by atoms with Crippen molar-refractivity contribution >= 4 is 17.2 Å². The second-order valence-corrected chi connectivity index (χ2v) is 4.74. The summed E-state index contributed by atoms with van der Waals surface area (Å²) in [5.74, 6) is 0.683. The topological polar surface area (TPSA) is 35.2 Å². The molecule has 2 nitrogen and oxygen atoms in total. The summed E-state index contributed by atoms with van der Waals surface area (Å²) in [6, 6.07) is 7.88. The van der Waals surface area contributed by atoms with E-state index >= 15 is 0 Å². The third kappa shape index (κ3) is 4.73. The first-order valence-electron chi connectivity index (χ1n) is 5.56. The molecule has 0 saturated carbocycles. The SMILES string of the molecule is CC(C)CCOCc1cccc(C(N)=S)c1. The molecule has 0 bridgehead atoms. The second-order valence-electron chi connectivity index (χ2n) is 4.30. The molecule has 0 spiro atoms. The molecule has 0 amide bonds. The van der Waals surface area contributed by atoms with E-state index < -0.39 is 0 Å². The van der Waals surface area contributed by atoms with Gasteiger partial charge in [0.25, 0.3) is 0 Å². The Kier molecular flexibility index (Phi) is 5.43. The average molecular weight is 237 g/mol. The fourth-order valence-electron chi connectivity index (χ4n) is 1.32. The van der Waals surface area contributed by atoms with Crippen LogP contribution in [0.4, 0.5) is 0 Å². The highest BCUT2D eigenvalue weighted by Crippen LogP contribution is 2.07. The van der Waals surface area contributed by atoms with E-state index in [2.05, 4.69) is 13.8 Å². The molecule has 0 aliphatic heterocycles. The third-order valence-electron chi connectivity index (χ3n) is 2.32. The molecule has 1 rings (SSSR count). The summed E-state index contributed by atoms with van der Waals surface area (Å²) in [5, 5.41) is 0. The lowest BCUT2D eigenvalue weighted by atomic mass is 10.1. The van der Waals surface area contributed by atoms with Gasteiger partial charge in [0.2, 0.25) is 0 Å². The van der Waals surface area contributed by atoms with Crippen LogP contribution in [0.5, 0.6) is 0 Å². The van der Waals surface area contributed by atoms with Gasteiger partial charge in [-0.2, -0.15) is 0 Å². The Morgan fingerprint density at radius 3 is 2.81 bits per heavy atom. The summed E-state index contributed by atoms with van der Waals surface area (Å²) in [6.07, 6.45) is 1.09. The highest BCUT2D eigenvalue weighted by molar-refractivity contribution is 7.80. The predicted molar refractivity (Wildman–Crippen MR) is 71.4 cm³/mol. The van der Waals surface area contributed by atoms with Gasteiger partial charge in [-0.3, -0.25) is 0 Å². The maximum absolute atomic E-state index is 5.58. The van der Waals surface area contributed by atoms with Crippen molar-refractivity contribution in [1.82, 2.24) is 0 Å². The zero-order valence-corrected chi connectivity index (χ0v) is 10.7. The van der Waals surface area contributed by atoms with Crippen molar-refractivity contribution < 1.29 is 4.74 Å². The van der Waals surface area contributed by atoms with Crippen LogP contribution in [0.25, 0.3) is 0 Å². The van der Waals surface area contributed by atoms with Crippen LogP contribution in [0.3, 0.4) is 0 Å². The first-order valence-corrected chi connectivity index (χ1v) is 5.97. The van der Waals surface area contributed by atoms with E-state index in [1.54, 1.807) is 0 Å². The van der Waals surface area contributed by atoms with Crippen molar-refractivity contribution in [2.24, 2.45) is 11.7 Å². The van der Waals surface area contributed by atoms with Crippen LogP contribution in [0, 0.1) is 5.92 Å². The molecule has 0 unspecified atom stereocenters. The summed E-state index contributed by atoms with van der Waals surface area (Å²) < 4.78 is 5.58. The van der Waals surface area contributed by atoms with Gasteiger partial charge in [0.05, 0.1) is 6.61 Å². The van der Waals surface area contributed by atoms with E-state index in [0.29, 0.717) is 17.5 Å². The molecular formula is C13H19NOS. The van der Waals surface area contributed by atoms with Gasteiger partial charge >= 0.3 is 0 Å². The molecule has 3 heteroatoms. The Bertz CT molecular complexity index is 350. The van der Waals surface area contributed by atoms with Crippen molar-refractivity contribution in [2.45, 2.75) is 26.9 Å². The number of ether oxygens (including phenoxy) is 1. The quantitative estimate of drug-likeness (QED) is 0.610. The minimum Gasteiger partial charge on any atom is -0.389 e. The number of rotatable bonds is 6. The molecule has 0 fully saturated rings. The van der Waals surface area contributed by atoms with Gasteiger partial charge in [0.1, 0.15) is 4.99 Å². The monoisotopic (exact) mass is 237 g/mol. The number of hydrogen-bond donors (Lipinski definition) is 1. The zero-order chi connectivity index (χ0) is 12.0. The molecule has 0 heterocycles. The Labute approximate surface area is 103 Å². The molecule has 0 atom stereocenters. The van der Waals surface area contributed by atoms with E-state index in [1.807, 2.05) is 24.3 Å². The molecule has 0 aliphatic rings. The molecule has 0 saturated heterocycles. The van der Waals surface area contributed by atoms with Gasteiger partial charge in [-0.15, -0.1) is 0 Å². The van der Waals surface area contributed by atoms with E-state index in [1.165, 1.54) is 0 Å². The third-order valence-corrected chi connectivity index (χ3v) is 2.56. The summed E-state index contributed by atoms with van der Waals surface area (Å²) in [4.78, 5) is 0.434. The number of nitrogens with two attached hydrogens (primary N) is 1. The van der Waals surface area contributed by atoms with Crippen molar-refractivity contribution in [3.8, 4) is 0 Å². The van der Waals surface area contributed by atoms with E-state index in [9.17, 15) is 0 Å². The maximum atomic E-state index is 5.58. The van der Waals surface area contributed by atoms with Crippen molar-refractivity contribution in [1.29, 1.82) is 0 Å². The fraction of sp³-hybridized carbons (Fsp3) is 0.462. The van der Waals surface area contributed by atoms with Crippen LogP contribution < -0.4 is 5.73 Å². The van der Waals surface area contributed by atoms with Gasteiger partial charge in [-0.25, -0.2) is 0 Å². The van der Waals surface area contributed by atoms with Crippen LogP contribution in [-0.2, 0) is 11.3 Å². The molecule has 1 aromatic rings. The Hall–Kier alpha value is -0.930. The van der Waals surface area contributed by atoms with E-state index in [0.717, 1.165) is 24.2 Å². The molecule has 0 aliphatic carbocycles. The molecular weight excluding hydrogens is 218 g/mol. The maximum Gasteiger partial charge on any atom is 0.103 e. The van der Waals surface area contributed by atoms with Crippen molar-refractivity contribution in [3.63, 3.8) is 0 Å². The molecule has 1 aromatic carbocycles. The summed E-state index contributed by atoms with van der Waals surface area (Å²) >= 11 is 4.93. The first-order chi connectivity index (χ1) is 7.59. The fourth-order valence-corrected chi connectivity index (χ4v) is 1.45. The first kappa shape index (κ1) is 13.1. The van der Waals surface area contributed by atoms with Crippen molar-refractivity contribution in [2.75, 3.05) is 6.61 Å². The highest BCUT2D eigenvalue weighted by Gasteiger charge is 1.99. The zero-order valence-electron chi connectivity index (χ0n) is 9.90. The molecule has 2 N–H and O–H groups in total. The number of thiocarbonyl (C=S) groups is 1. The molecule has 16 heavy (non-hydrogen) atoms. The molecule has 0 aromatic heterocycles. The summed E-state index contributed by atoms with van der Waals surface area (Å²) in [6.45, 7) is 5.81. The van der Waals surface area contributed by atoms with Crippen LogP contribution in [0.15, 0.2) is 24.3 Å². The lowest BCUT2D eigenvalue weighted by Crippen LogP contribution is -2.09. The van der Waals surface area contributed by atoms with Crippen molar-refractivity contribution in [3.05, 3.63) is 35.4 Å². The minimum absolute atomic E-state index is 0.434. The second kappa shape index (κ2) is 6.61. The van der Waals surface area contributed by atoms with Crippen LogP contribution >= 0.6 is 12.2 Å². The van der Waals surface area contributed by atoms with Crippen LogP contribution in [0.2, 0.25) is 0 Å². The van der Waals surface area contributed by atoms with Crippen LogP contribution in [-0.4, -0.2) is 11.6 Å². The minimum atomic E-state index is 0.434.